The van der Waals surface area contributed by atoms with Crippen molar-refractivity contribution in [2.24, 2.45) is 0 Å². The standard InChI is InChI=1S/C23H25N5OS/c30-23-26-21(19-8-1-2-11-25-19)22(28(23)15-17-6-3-10-24-14-17)20-9-4-12-27(20)16-18-7-5-13-29-18/h1-4,6,8-12,14,18,21-22H,5,7,13,15-16H2,(H,26,30). The minimum atomic E-state index is -0.0199. The Balaban J connectivity index is 1.51. The average molecular weight is 420 g/mol. The van der Waals surface area contributed by atoms with E-state index in [1.165, 1.54) is 5.69 Å². The molecule has 0 bridgehead atoms. The van der Waals surface area contributed by atoms with Gasteiger partial charge in [0, 0.05) is 50.2 Å². The van der Waals surface area contributed by atoms with Crippen molar-refractivity contribution in [1.29, 1.82) is 0 Å². The first-order valence-corrected chi connectivity index (χ1v) is 10.8. The molecule has 3 atom stereocenters. The lowest BCUT2D eigenvalue weighted by Gasteiger charge is -2.29. The molecule has 3 aromatic heterocycles. The third kappa shape index (κ3) is 3.82. The summed E-state index contributed by atoms with van der Waals surface area (Å²) in [4.78, 5) is 11.2. The van der Waals surface area contributed by atoms with Crippen LogP contribution in [0.15, 0.2) is 67.3 Å². The van der Waals surface area contributed by atoms with Crippen LogP contribution in [0.2, 0.25) is 0 Å². The topological polar surface area (TPSA) is 55.2 Å². The Morgan fingerprint density at radius 3 is 2.87 bits per heavy atom. The monoisotopic (exact) mass is 419 g/mol. The highest BCUT2D eigenvalue weighted by molar-refractivity contribution is 7.80. The van der Waals surface area contributed by atoms with Crippen LogP contribution >= 0.6 is 12.2 Å². The van der Waals surface area contributed by atoms with Gasteiger partial charge in [0.1, 0.15) is 0 Å². The number of hydrogen-bond donors (Lipinski definition) is 1. The molecule has 30 heavy (non-hydrogen) atoms. The van der Waals surface area contributed by atoms with Crippen LogP contribution in [0.25, 0.3) is 0 Å². The summed E-state index contributed by atoms with van der Waals surface area (Å²) in [5.41, 5.74) is 3.34. The molecule has 6 nitrogen and oxygen atoms in total. The van der Waals surface area contributed by atoms with Gasteiger partial charge in [-0.3, -0.25) is 9.97 Å². The Morgan fingerprint density at radius 2 is 2.10 bits per heavy atom. The number of rotatable bonds is 6. The number of nitrogens with one attached hydrogen (secondary N) is 1. The van der Waals surface area contributed by atoms with Gasteiger partial charge in [-0.2, -0.15) is 0 Å². The van der Waals surface area contributed by atoms with Gasteiger partial charge in [-0.1, -0.05) is 12.1 Å². The Bertz CT molecular complexity index is 987. The molecule has 5 heterocycles. The van der Waals surface area contributed by atoms with Gasteiger partial charge in [0.25, 0.3) is 0 Å². The van der Waals surface area contributed by atoms with Crippen LogP contribution in [0.4, 0.5) is 0 Å². The second-order valence-electron chi connectivity index (χ2n) is 7.84. The molecule has 2 saturated heterocycles. The fraction of sp³-hybridized carbons (Fsp3) is 0.348. The van der Waals surface area contributed by atoms with Crippen molar-refractivity contribution in [1.82, 2.24) is 24.8 Å². The Hall–Kier alpha value is -2.77. The molecule has 7 heteroatoms. The summed E-state index contributed by atoms with van der Waals surface area (Å²) in [6, 6.07) is 14.4. The largest absolute Gasteiger partial charge is 0.376 e. The van der Waals surface area contributed by atoms with Gasteiger partial charge in [-0.05, 0) is 61.0 Å². The van der Waals surface area contributed by atoms with E-state index in [0.717, 1.165) is 42.4 Å². The smallest absolute Gasteiger partial charge is 0.170 e. The van der Waals surface area contributed by atoms with E-state index in [4.69, 9.17) is 17.0 Å². The molecule has 2 aliphatic rings. The second-order valence-corrected chi connectivity index (χ2v) is 8.22. The molecule has 0 aliphatic carbocycles. The summed E-state index contributed by atoms with van der Waals surface area (Å²) in [6.45, 7) is 2.42. The number of pyridine rings is 2. The lowest BCUT2D eigenvalue weighted by molar-refractivity contribution is 0.0953. The van der Waals surface area contributed by atoms with Crippen molar-refractivity contribution in [2.45, 2.75) is 44.1 Å². The Labute approximate surface area is 181 Å². The summed E-state index contributed by atoms with van der Waals surface area (Å²) in [7, 11) is 0. The van der Waals surface area contributed by atoms with E-state index in [0.29, 0.717) is 6.54 Å². The van der Waals surface area contributed by atoms with Crippen LogP contribution < -0.4 is 5.32 Å². The van der Waals surface area contributed by atoms with Crippen molar-refractivity contribution in [3.8, 4) is 0 Å². The number of aromatic nitrogens is 3. The zero-order chi connectivity index (χ0) is 20.3. The molecular formula is C23H25N5OS. The molecule has 0 saturated carbocycles. The predicted octanol–water partition coefficient (Wildman–Crippen LogP) is 3.63. The molecule has 2 fully saturated rings. The number of thiocarbonyl (C=S) groups is 1. The van der Waals surface area contributed by atoms with E-state index in [-0.39, 0.29) is 18.2 Å². The van der Waals surface area contributed by atoms with Crippen molar-refractivity contribution in [2.75, 3.05) is 6.61 Å². The van der Waals surface area contributed by atoms with E-state index >= 15 is 0 Å². The molecule has 0 radical (unpaired) electrons. The lowest BCUT2D eigenvalue weighted by atomic mass is 10.0. The molecule has 3 aromatic rings. The molecule has 0 aromatic carbocycles. The molecular weight excluding hydrogens is 394 g/mol. The summed E-state index contributed by atoms with van der Waals surface area (Å²) in [5, 5.41) is 4.27. The van der Waals surface area contributed by atoms with Gasteiger partial charge in [0.05, 0.1) is 23.9 Å². The van der Waals surface area contributed by atoms with E-state index < -0.39 is 0 Å². The molecule has 0 amide bonds. The van der Waals surface area contributed by atoms with Crippen molar-refractivity contribution < 1.29 is 4.74 Å². The maximum absolute atomic E-state index is 5.90. The fourth-order valence-corrected chi connectivity index (χ4v) is 4.76. The maximum atomic E-state index is 5.90. The number of ether oxygens (including phenoxy) is 1. The minimum Gasteiger partial charge on any atom is -0.376 e. The third-order valence-corrected chi connectivity index (χ3v) is 6.22. The van der Waals surface area contributed by atoms with Crippen LogP contribution in [0, 0.1) is 0 Å². The first kappa shape index (κ1) is 19.2. The van der Waals surface area contributed by atoms with Crippen molar-refractivity contribution >= 4 is 17.3 Å². The third-order valence-electron chi connectivity index (χ3n) is 5.87. The summed E-state index contributed by atoms with van der Waals surface area (Å²) in [5.74, 6) is 0. The lowest BCUT2D eigenvalue weighted by Crippen LogP contribution is -2.30. The summed E-state index contributed by atoms with van der Waals surface area (Å²) >= 11 is 5.79. The van der Waals surface area contributed by atoms with Gasteiger partial charge in [0.2, 0.25) is 0 Å². The number of nitrogens with zero attached hydrogens (tertiary/aromatic N) is 4. The van der Waals surface area contributed by atoms with E-state index in [1.54, 1.807) is 6.20 Å². The van der Waals surface area contributed by atoms with Crippen LogP contribution in [-0.4, -0.2) is 37.3 Å². The molecule has 154 valence electrons. The Kier molecular flexibility index (Phi) is 5.46. The van der Waals surface area contributed by atoms with Crippen molar-refractivity contribution in [3.05, 3.63) is 84.2 Å². The fourth-order valence-electron chi connectivity index (χ4n) is 4.46. The number of hydrogen-bond acceptors (Lipinski definition) is 4. The molecule has 5 rings (SSSR count). The maximum Gasteiger partial charge on any atom is 0.170 e. The molecule has 0 spiro atoms. The van der Waals surface area contributed by atoms with Crippen molar-refractivity contribution in [3.63, 3.8) is 0 Å². The quantitative estimate of drug-likeness (QED) is 0.616. The van der Waals surface area contributed by atoms with Crippen LogP contribution in [-0.2, 0) is 17.8 Å². The first-order chi connectivity index (χ1) is 14.8. The average Bonchev–Trinajstić information content (AvgIpc) is 3.52. The molecule has 3 unspecified atom stereocenters. The highest BCUT2D eigenvalue weighted by Crippen LogP contribution is 2.39. The predicted molar refractivity (Wildman–Crippen MR) is 119 cm³/mol. The summed E-state index contributed by atoms with van der Waals surface area (Å²) in [6.07, 6.45) is 10.2. The van der Waals surface area contributed by atoms with Crippen LogP contribution in [0.1, 0.15) is 41.9 Å². The van der Waals surface area contributed by atoms with Crippen LogP contribution in [0.3, 0.4) is 0 Å². The van der Waals surface area contributed by atoms with Crippen LogP contribution in [0.5, 0.6) is 0 Å². The van der Waals surface area contributed by atoms with Gasteiger partial charge < -0.3 is 19.5 Å². The second kappa shape index (κ2) is 8.53. The van der Waals surface area contributed by atoms with Gasteiger partial charge in [0.15, 0.2) is 5.11 Å². The zero-order valence-electron chi connectivity index (χ0n) is 16.7. The molecule has 2 aliphatic heterocycles. The molecule has 1 N–H and O–H groups in total. The highest BCUT2D eigenvalue weighted by Gasteiger charge is 2.41. The SMILES string of the molecule is S=C1NC(c2ccccn2)C(c2cccn2CC2CCCO2)N1Cc1cccnc1. The normalized spacial score (nSPS) is 23.7. The Morgan fingerprint density at radius 1 is 1.13 bits per heavy atom. The van der Waals surface area contributed by atoms with E-state index in [2.05, 4.69) is 55.2 Å². The first-order valence-electron chi connectivity index (χ1n) is 10.4. The zero-order valence-corrected chi connectivity index (χ0v) is 17.5. The van der Waals surface area contributed by atoms with Gasteiger partial charge >= 0.3 is 0 Å². The minimum absolute atomic E-state index is 0.0199. The highest BCUT2D eigenvalue weighted by atomic mass is 32.1. The summed E-state index contributed by atoms with van der Waals surface area (Å²) < 4.78 is 8.22. The van der Waals surface area contributed by atoms with E-state index in [9.17, 15) is 0 Å². The van der Waals surface area contributed by atoms with Gasteiger partial charge in [-0.15, -0.1) is 0 Å². The van der Waals surface area contributed by atoms with Gasteiger partial charge in [-0.25, -0.2) is 0 Å². The van der Waals surface area contributed by atoms with E-state index in [1.807, 2.05) is 30.6 Å².